The van der Waals surface area contributed by atoms with Gasteiger partial charge in [-0.1, -0.05) is 0 Å². The number of nitrogens with one attached hydrogen (secondary N) is 1. The Bertz CT molecular complexity index is 229. The molecular weight excluding hydrogens is 214 g/mol. The van der Waals surface area contributed by atoms with E-state index in [1.807, 2.05) is 0 Å². The van der Waals surface area contributed by atoms with Gasteiger partial charge in [0.1, 0.15) is 0 Å². The zero-order valence-corrected chi connectivity index (χ0v) is 10.6. The molecule has 3 heteroatoms. The highest BCUT2D eigenvalue weighted by molar-refractivity contribution is 5.01. The molecule has 0 aromatic heterocycles. The molecule has 4 fully saturated rings. The van der Waals surface area contributed by atoms with Crippen LogP contribution in [0, 0.1) is 23.7 Å². The van der Waals surface area contributed by atoms with Crippen LogP contribution in [-0.2, 0) is 4.74 Å². The zero-order chi connectivity index (χ0) is 11.7. The molecule has 2 N–H and O–H groups in total. The topological polar surface area (TPSA) is 41.5 Å². The fraction of sp³-hybridized carbons (Fsp3) is 1.00. The minimum absolute atomic E-state index is 0.137. The van der Waals surface area contributed by atoms with E-state index in [9.17, 15) is 0 Å². The first kappa shape index (κ1) is 11.9. The van der Waals surface area contributed by atoms with E-state index < -0.39 is 0 Å². The molecule has 0 aromatic rings. The van der Waals surface area contributed by atoms with E-state index in [2.05, 4.69) is 5.32 Å². The second kappa shape index (κ2) is 5.25. The summed E-state index contributed by atoms with van der Waals surface area (Å²) in [6.07, 6.45) is 7.42. The molecule has 0 radical (unpaired) electrons. The zero-order valence-electron chi connectivity index (χ0n) is 10.6. The third-order valence-corrected chi connectivity index (χ3v) is 5.09. The highest BCUT2D eigenvalue weighted by Gasteiger charge is 2.47. The molecule has 0 unspecified atom stereocenters. The van der Waals surface area contributed by atoms with E-state index in [1.165, 1.54) is 32.1 Å². The van der Waals surface area contributed by atoms with Crippen molar-refractivity contribution in [3.05, 3.63) is 0 Å². The fourth-order valence-electron chi connectivity index (χ4n) is 4.72. The first-order valence-corrected chi connectivity index (χ1v) is 7.28. The minimum Gasteiger partial charge on any atom is -0.394 e. The summed E-state index contributed by atoms with van der Waals surface area (Å²) in [6.45, 7) is 2.30. The van der Waals surface area contributed by atoms with E-state index in [0.717, 1.165) is 42.9 Å². The van der Waals surface area contributed by atoms with Crippen molar-refractivity contribution in [1.29, 1.82) is 0 Å². The van der Waals surface area contributed by atoms with Gasteiger partial charge in [0.15, 0.2) is 0 Å². The van der Waals surface area contributed by atoms with Gasteiger partial charge in [0.25, 0.3) is 0 Å². The van der Waals surface area contributed by atoms with E-state index in [-0.39, 0.29) is 6.61 Å². The van der Waals surface area contributed by atoms with Crippen LogP contribution in [-0.4, -0.2) is 37.5 Å². The monoisotopic (exact) mass is 239 g/mol. The number of ether oxygens (including phenoxy) is 1. The van der Waals surface area contributed by atoms with Crippen LogP contribution in [0.25, 0.3) is 0 Å². The van der Waals surface area contributed by atoms with Gasteiger partial charge in [-0.3, -0.25) is 0 Å². The predicted molar refractivity (Wildman–Crippen MR) is 66.7 cm³/mol. The molecule has 0 amide bonds. The summed E-state index contributed by atoms with van der Waals surface area (Å²) >= 11 is 0. The summed E-state index contributed by atoms with van der Waals surface area (Å²) < 4.78 is 5.31. The van der Waals surface area contributed by atoms with Gasteiger partial charge in [-0.25, -0.2) is 0 Å². The van der Waals surface area contributed by atoms with Crippen molar-refractivity contribution in [1.82, 2.24) is 5.32 Å². The average molecular weight is 239 g/mol. The van der Waals surface area contributed by atoms with Crippen LogP contribution in [0.5, 0.6) is 0 Å². The van der Waals surface area contributed by atoms with Crippen LogP contribution in [0.15, 0.2) is 0 Å². The van der Waals surface area contributed by atoms with E-state index >= 15 is 0 Å². The maximum Gasteiger partial charge on any atom is 0.0698 e. The molecular formula is C14H25NO2. The number of aliphatic hydroxyl groups is 1. The SMILES string of the molecule is OCCOCCNC1C2CC3CC(C2)CC1C3. The second-order valence-electron chi connectivity index (χ2n) is 6.25. The van der Waals surface area contributed by atoms with Crippen molar-refractivity contribution in [2.45, 2.75) is 38.1 Å². The molecule has 4 saturated carbocycles. The van der Waals surface area contributed by atoms with Crippen LogP contribution in [0.2, 0.25) is 0 Å². The first-order chi connectivity index (χ1) is 8.36. The normalized spacial score (nSPS) is 43.2. The minimum atomic E-state index is 0.137. The van der Waals surface area contributed by atoms with E-state index in [0.29, 0.717) is 6.61 Å². The Morgan fingerprint density at radius 3 is 2.18 bits per heavy atom. The fourth-order valence-corrected chi connectivity index (χ4v) is 4.72. The molecule has 0 atom stereocenters. The first-order valence-electron chi connectivity index (χ1n) is 7.28. The second-order valence-corrected chi connectivity index (χ2v) is 6.25. The predicted octanol–water partition coefficient (Wildman–Crippen LogP) is 1.41. The maximum atomic E-state index is 8.63. The van der Waals surface area contributed by atoms with Crippen LogP contribution >= 0.6 is 0 Å². The molecule has 0 spiro atoms. The summed E-state index contributed by atoms with van der Waals surface area (Å²) in [5.74, 6) is 4.01. The van der Waals surface area contributed by atoms with E-state index in [4.69, 9.17) is 9.84 Å². The lowest BCUT2D eigenvalue weighted by Crippen LogP contribution is -2.55. The summed E-state index contributed by atoms with van der Waals surface area (Å²) in [7, 11) is 0. The molecule has 0 aromatic carbocycles. The lowest BCUT2D eigenvalue weighted by Gasteiger charge is -2.54. The van der Waals surface area contributed by atoms with Crippen molar-refractivity contribution >= 4 is 0 Å². The van der Waals surface area contributed by atoms with Crippen LogP contribution in [0.3, 0.4) is 0 Å². The Hall–Kier alpha value is -0.120. The van der Waals surface area contributed by atoms with Gasteiger partial charge in [0.2, 0.25) is 0 Å². The van der Waals surface area contributed by atoms with Crippen LogP contribution < -0.4 is 5.32 Å². The third-order valence-electron chi connectivity index (χ3n) is 5.09. The molecule has 4 aliphatic rings. The standard InChI is InChI=1S/C14H25NO2/c16-2-4-17-3-1-15-14-12-6-10-5-11(8-12)9-13(14)7-10/h10-16H,1-9H2. The third kappa shape index (κ3) is 2.51. The Balaban J connectivity index is 1.44. The Morgan fingerprint density at radius 2 is 1.59 bits per heavy atom. The molecule has 0 heterocycles. The van der Waals surface area contributed by atoms with Crippen molar-refractivity contribution in [3.8, 4) is 0 Å². The highest BCUT2D eigenvalue weighted by Crippen LogP contribution is 2.53. The Morgan fingerprint density at radius 1 is 0.941 bits per heavy atom. The van der Waals surface area contributed by atoms with Crippen LogP contribution in [0.4, 0.5) is 0 Å². The van der Waals surface area contributed by atoms with Gasteiger partial charge >= 0.3 is 0 Å². The smallest absolute Gasteiger partial charge is 0.0698 e. The Kier molecular flexibility index (Phi) is 3.69. The van der Waals surface area contributed by atoms with Gasteiger partial charge in [0, 0.05) is 12.6 Å². The maximum absolute atomic E-state index is 8.63. The number of hydrogen-bond acceptors (Lipinski definition) is 3. The number of hydrogen-bond donors (Lipinski definition) is 2. The van der Waals surface area contributed by atoms with Gasteiger partial charge in [0.05, 0.1) is 19.8 Å². The van der Waals surface area contributed by atoms with Crippen molar-refractivity contribution in [2.75, 3.05) is 26.4 Å². The highest BCUT2D eigenvalue weighted by atomic mass is 16.5. The molecule has 3 nitrogen and oxygen atoms in total. The lowest BCUT2D eigenvalue weighted by atomic mass is 9.54. The largest absolute Gasteiger partial charge is 0.394 e. The molecule has 0 saturated heterocycles. The van der Waals surface area contributed by atoms with Crippen molar-refractivity contribution < 1.29 is 9.84 Å². The summed E-state index contributed by atoms with van der Waals surface area (Å²) in [5.41, 5.74) is 0. The van der Waals surface area contributed by atoms with Crippen molar-refractivity contribution in [2.24, 2.45) is 23.7 Å². The van der Waals surface area contributed by atoms with Crippen molar-refractivity contribution in [3.63, 3.8) is 0 Å². The summed E-state index contributed by atoms with van der Waals surface area (Å²) in [4.78, 5) is 0. The molecule has 17 heavy (non-hydrogen) atoms. The Labute approximate surface area is 104 Å². The summed E-state index contributed by atoms with van der Waals surface area (Å²) in [5, 5.41) is 12.4. The lowest BCUT2D eigenvalue weighted by molar-refractivity contribution is -0.0165. The molecule has 4 aliphatic carbocycles. The van der Waals surface area contributed by atoms with Gasteiger partial charge < -0.3 is 15.2 Å². The van der Waals surface area contributed by atoms with Gasteiger partial charge in [-0.2, -0.15) is 0 Å². The number of rotatable bonds is 6. The quantitative estimate of drug-likeness (QED) is 0.689. The summed E-state index contributed by atoms with van der Waals surface area (Å²) in [6, 6.07) is 0.764. The van der Waals surface area contributed by atoms with Gasteiger partial charge in [-0.05, 0) is 55.8 Å². The molecule has 98 valence electrons. The van der Waals surface area contributed by atoms with E-state index in [1.54, 1.807) is 0 Å². The average Bonchev–Trinajstić information content (AvgIpc) is 2.31. The molecule has 4 bridgehead atoms. The van der Waals surface area contributed by atoms with Crippen LogP contribution in [0.1, 0.15) is 32.1 Å². The molecule has 4 rings (SSSR count). The number of aliphatic hydroxyl groups excluding tert-OH is 1. The van der Waals surface area contributed by atoms with Gasteiger partial charge in [-0.15, -0.1) is 0 Å². The molecule has 0 aliphatic heterocycles.